The second-order valence-electron chi connectivity index (χ2n) is 10.8. The molecule has 0 unspecified atom stereocenters. The van der Waals surface area contributed by atoms with Gasteiger partial charge in [0.2, 0.25) is 17.7 Å². The average Bonchev–Trinajstić information content (AvgIpc) is 2.98. The Labute approximate surface area is 257 Å². The van der Waals surface area contributed by atoms with Crippen LogP contribution in [0.25, 0.3) is 10.4 Å². The smallest absolute Gasteiger partial charge is 0.245 e. The number of hydrogen-bond donors (Lipinski definition) is 5. The predicted octanol–water partition coefficient (Wildman–Crippen LogP) is 1.66. The van der Waals surface area contributed by atoms with Gasteiger partial charge < -0.3 is 26.8 Å². The van der Waals surface area contributed by atoms with E-state index in [0.717, 1.165) is 28.4 Å². The van der Waals surface area contributed by atoms with E-state index in [-0.39, 0.29) is 25.2 Å². The van der Waals surface area contributed by atoms with Crippen molar-refractivity contribution in [2.24, 2.45) is 16.8 Å². The highest BCUT2D eigenvalue weighted by atomic mass is 32.2. The summed E-state index contributed by atoms with van der Waals surface area (Å²) < 4.78 is 23.5. The van der Waals surface area contributed by atoms with Gasteiger partial charge in [0.1, 0.15) is 18.1 Å². The molecule has 0 radical (unpaired) electrons. The molecule has 2 aromatic carbocycles. The fourth-order valence-electron chi connectivity index (χ4n) is 4.28. The van der Waals surface area contributed by atoms with Gasteiger partial charge in [-0.3, -0.25) is 14.4 Å². The highest BCUT2D eigenvalue weighted by Gasteiger charge is 2.30. The van der Waals surface area contributed by atoms with E-state index in [9.17, 15) is 27.9 Å². The third-order valence-electron chi connectivity index (χ3n) is 6.52. The van der Waals surface area contributed by atoms with Gasteiger partial charge in [-0.15, -0.1) is 0 Å². The molecule has 13 nitrogen and oxygen atoms in total. The van der Waals surface area contributed by atoms with E-state index in [1.165, 1.54) is 6.08 Å². The van der Waals surface area contributed by atoms with Crippen LogP contribution < -0.4 is 21.7 Å². The number of aliphatic hydroxyl groups is 1. The molecule has 4 atom stereocenters. The minimum Gasteiger partial charge on any atom is -0.394 e. The Morgan fingerprint density at radius 2 is 1.48 bits per heavy atom. The zero-order chi connectivity index (χ0) is 32.7. The van der Waals surface area contributed by atoms with Gasteiger partial charge in [-0.05, 0) is 47.4 Å². The number of amides is 3. The number of aliphatic hydroxyl groups excluding tert-OH is 1. The monoisotopic (exact) mass is 627 g/mol. The van der Waals surface area contributed by atoms with Crippen molar-refractivity contribution in [2.75, 3.05) is 12.9 Å². The molecule has 0 bridgehead atoms. The Kier molecular flexibility index (Phi) is 14.5. The van der Waals surface area contributed by atoms with Crippen molar-refractivity contribution in [1.82, 2.24) is 16.0 Å². The minimum absolute atomic E-state index is 0.0457. The lowest BCUT2D eigenvalue weighted by atomic mass is 10.0. The van der Waals surface area contributed by atoms with Crippen molar-refractivity contribution in [1.29, 1.82) is 0 Å². The summed E-state index contributed by atoms with van der Waals surface area (Å²) in [6.07, 6.45) is 2.88. The summed E-state index contributed by atoms with van der Waals surface area (Å²) in [5, 5.41) is 22.3. The van der Waals surface area contributed by atoms with Crippen molar-refractivity contribution in [2.45, 2.75) is 63.8 Å². The number of nitrogens with two attached hydrogens (primary N) is 1. The first-order chi connectivity index (χ1) is 20.8. The third kappa shape index (κ3) is 13.0. The second-order valence-corrected chi connectivity index (χ2v) is 12.8. The summed E-state index contributed by atoms with van der Waals surface area (Å²) in [7, 11) is -3.51. The van der Waals surface area contributed by atoms with Crippen molar-refractivity contribution < 1.29 is 27.9 Å². The number of nitrogens with zero attached hydrogens (tertiary/aromatic N) is 3. The van der Waals surface area contributed by atoms with E-state index in [1.807, 2.05) is 44.2 Å². The van der Waals surface area contributed by atoms with Crippen LogP contribution in [0.15, 0.2) is 71.2 Å². The zero-order valence-corrected chi connectivity index (χ0v) is 25.9. The number of sulfone groups is 1. The molecular formula is C30H41N7O6S. The van der Waals surface area contributed by atoms with E-state index >= 15 is 0 Å². The molecule has 0 aliphatic carbocycles. The largest absolute Gasteiger partial charge is 0.394 e. The number of nitrogens with one attached hydrogen (secondary N) is 3. The van der Waals surface area contributed by atoms with Crippen LogP contribution in [0.5, 0.6) is 0 Å². The molecule has 0 saturated carbocycles. The van der Waals surface area contributed by atoms with E-state index < -0.39 is 58.3 Å². The fourth-order valence-corrected chi connectivity index (χ4v) is 4.75. The molecule has 3 amide bonds. The van der Waals surface area contributed by atoms with Crippen LogP contribution in [0.3, 0.4) is 0 Å². The number of hydrogen-bond acceptors (Lipinski definition) is 8. The van der Waals surface area contributed by atoms with Crippen molar-refractivity contribution in [3.63, 3.8) is 0 Å². The standard InChI is InChI=1S/C30H41N7O6S/c1-20(2)15-25(34-29(40)26(36-37-32)17-21-7-5-4-6-8-21)28(39)35-27(19-38)30(41)33-24(13-14-44(3,42)43)16-22-9-11-23(18-31)12-10-22/h4-14,20,24-27,38H,15-19,31H2,1-3H3,(H,33,41)(H,34,40)(H,35,39)/b14-13+/t24-,25+,26+,27+/m1/s1. The van der Waals surface area contributed by atoms with Crippen LogP contribution in [-0.4, -0.2) is 68.3 Å². The Hall–Kier alpha value is -4.23. The molecule has 0 aliphatic heterocycles. The first kappa shape index (κ1) is 36.0. The average molecular weight is 628 g/mol. The molecule has 44 heavy (non-hydrogen) atoms. The van der Waals surface area contributed by atoms with Gasteiger partial charge in [0.05, 0.1) is 12.6 Å². The number of rotatable bonds is 17. The maximum Gasteiger partial charge on any atom is 0.245 e. The van der Waals surface area contributed by atoms with Gasteiger partial charge in [-0.1, -0.05) is 79.6 Å². The lowest BCUT2D eigenvalue weighted by Crippen LogP contribution is -2.57. The molecule has 0 fully saturated rings. The molecule has 0 aromatic heterocycles. The van der Waals surface area contributed by atoms with Crippen molar-refractivity contribution in [3.05, 3.63) is 93.2 Å². The SMILES string of the molecule is CC(C)C[C@H](NC(=O)[C@H](Cc1ccccc1)N=[N+]=[N-])C(=O)N[C@@H](CO)C(=O)N[C@H](/C=C/S(C)(=O)=O)Cc1ccc(CN)cc1. The number of carbonyl (C=O) groups is 3. The van der Waals surface area contributed by atoms with Gasteiger partial charge >= 0.3 is 0 Å². The van der Waals surface area contributed by atoms with E-state index in [4.69, 9.17) is 11.3 Å². The van der Waals surface area contributed by atoms with Crippen LogP contribution >= 0.6 is 0 Å². The maximum atomic E-state index is 13.3. The maximum absolute atomic E-state index is 13.3. The van der Waals surface area contributed by atoms with Gasteiger partial charge in [0.15, 0.2) is 9.84 Å². The molecule has 0 heterocycles. The van der Waals surface area contributed by atoms with E-state index in [0.29, 0.717) is 6.54 Å². The quantitative estimate of drug-likeness (QED) is 0.0992. The van der Waals surface area contributed by atoms with Crippen LogP contribution in [0.1, 0.15) is 37.0 Å². The van der Waals surface area contributed by atoms with Crippen LogP contribution in [0, 0.1) is 5.92 Å². The molecule has 0 aliphatic rings. The van der Waals surface area contributed by atoms with Crippen LogP contribution in [0.4, 0.5) is 0 Å². The lowest BCUT2D eigenvalue weighted by molar-refractivity contribution is -0.133. The van der Waals surface area contributed by atoms with Gasteiger partial charge in [-0.25, -0.2) is 8.42 Å². The first-order valence-corrected chi connectivity index (χ1v) is 16.1. The predicted molar refractivity (Wildman–Crippen MR) is 167 cm³/mol. The molecule has 6 N–H and O–H groups in total. The summed E-state index contributed by atoms with van der Waals surface area (Å²) in [5.74, 6) is -2.19. The molecular weight excluding hydrogens is 586 g/mol. The van der Waals surface area contributed by atoms with Crippen LogP contribution in [0.2, 0.25) is 0 Å². The fraction of sp³-hybridized carbons (Fsp3) is 0.433. The highest BCUT2D eigenvalue weighted by Crippen LogP contribution is 2.11. The zero-order valence-electron chi connectivity index (χ0n) is 25.1. The van der Waals surface area contributed by atoms with Crippen LogP contribution in [-0.2, 0) is 43.6 Å². The Bertz CT molecular complexity index is 1430. The molecule has 238 valence electrons. The number of azide groups is 1. The van der Waals surface area contributed by atoms with E-state index in [2.05, 4.69) is 26.0 Å². The summed E-state index contributed by atoms with van der Waals surface area (Å²) >= 11 is 0. The van der Waals surface area contributed by atoms with Gasteiger partial charge in [0, 0.05) is 23.1 Å². The number of carbonyl (C=O) groups excluding carboxylic acids is 3. The summed E-state index contributed by atoms with van der Waals surface area (Å²) in [5.41, 5.74) is 17.1. The number of benzene rings is 2. The molecule has 0 spiro atoms. The summed E-state index contributed by atoms with van der Waals surface area (Å²) in [6.45, 7) is 3.28. The minimum atomic E-state index is -3.51. The summed E-state index contributed by atoms with van der Waals surface area (Å²) in [4.78, 5) is 42.3. The lowest BCUT2D eigenvalue weighted by Gasteiger charge is -2.25. The Morgan fingerprint density at radius 1 is 0.909 bits per heavy atom. The first-order valence-electron chi connectivity index (χ1n) is 14.1. The van der Waals surface area contributed by atoms with Crippen molar-refractivity contribution in [3.8, 4) is 0 Å². The third-order valence-corrected chi connectivity index (χ3v) is 7.17. The topological polar surface area (TPSA) is 216 Å². The normalized spacial score (nSPS) is 14.2. The Balaban J connectivity index is 2.18. The van der Waals surface area contributed by atoms with Gasteiger partial charge in [-0.2, -0.15) is 0 Å². The van der Waals surface area contributed by atoms with Crippen molar-refractivity contribution >= 4 is 27.6 Å². The molecule has 14 heteroatoms. The molecule has 0 saturated heterocycles. The molecule has 2 aromatic rings. The Morgan fingerprint density at radius 3 is 2.02 bits per heavy atom. The summed E-state index contributed by atoms with van der Waals surface area (Å²) in [6, 6.07) is 11.8. The molecule has 2 rings (SSSR count). The highest BCUT2D eigenvalue weighted by molar-refractivity contribution is 7.93. The second kappa shape index (κ2) is 17.8. The van der Waals surface area contributed by atoms with E-state index in [1.54, 1.807) is 24.3 Å². The van der Waals surface area contributed by atoms with Gasteiger partial charge in [0.25, 0.3) is 0 Å².